The third-order valence-electron chi connectivity index (χ3n) is 16.8. The van der Waals surface area contributed by atoms with Gasteiger partial charge in [-0.05, 0) is 79.0 Å². The summed E-state index contributed by atoms with van der Waals surface area (Å²) in [6, 6.07) is 5.85. The van der Waals surface area contributed by atoms with Crippen LogP contribution in [0.3, 0.4) is 0 Å². The zero-order valence-electron chi connectivity index (χ0n) is 53.3. The van der Waals surface area contributed by atoms with Crippen LogP contribution in [0.2, 0.25) is 0 Å². The fourth-order valence-corrected chi connectivity index (χ4v) is 11.4. The van der Waals surface area contributed by atoms with Crippen LogP contribution in [-0.2, 0) is 70.5 Å². The number of nitrogens with one attached hydrogen (secondary N) is 3. The number of cyclic esters (lactones) is 1. The number of likely N-dealkylation sites (N-methyl/N-ethyl adjacent to an activating group) is 5. The number of hydrogen-bond donors (Lipinski definition) is 4. The van der Waals surface area contributed by atoms with E-state index < -0.39 is 162 Å². The Morgan fingerprint density at radius 1 is 0.605 bits per heavy atom. The van der Waals surface area contributed by atoms with Crippen LogP contribution in [0.1, 0.15) is 126 Å². The van der Waals surface area contributed by atoms with E-state index in [1.165, 1.54) is 56.9 Å². The fraction of sp³-hybridized carbons (Fsp3) is 0.635. The van der Waals surface area contributed by atoms with Gasteiger partial charge in [0.25, 0.3) is 5.91 Å². The number of hydrogen-bond acceptors (Lipinski definition) is 13. The van der Waals surface area contributed by atoms with Crippen LogP contribution in [0.15, 0.2) is 54.6 Å². The molecule has 9 amide bonds. The molecule has 11 atom stereocenters. The van der Waals surface area contributed by atoms with Crippen molar-refractivity contribution in [3.05, 3.63) is 65.7 Å². The van der Waals surface area contributed by atoms with Crippen LogP contribution in [0, 0.1) is 29.6 Å². The van der Waals surface area contributed by atoms with E-state index in [1.54, 1.807) is 86.6 Å². The molecular formula is C63H95N9O14. The van der Waals surface area contributed by atoms with Gasteiger partial charge in [-0.25, -0.2) is 4.79 Å². The first-order valence-electron chi connectivity index (χ1n) is 30.1. The average Bonchev–Trinajstić information content (AvgIpc) is 1.52. The number of fused-ring (bicyclic) bond motifs is 1. The van der Waals surface area contributed by atoms with Crippen molar-refractivity contribution in [2.75, 3.05) is 48.3 Å². The molecule has 2 saturated heterocycles. The third-order valence-corrected chi connectivity index (χ3v) is 16.8. The lowest BCUT2D eigenvalue weighted by Crippen LogP contribution is -2.63. The predicted octanol–water partition coefficient (Wildman–Crippen LogP) is 3.89. The smallest absolute Gasteiger partial charge is 0.329 e. The van der Waals surface area contributed by atoms with Crippen molar-refractivity contribution in [1.82, 2.24) is 45.3 Å². The van der Waals surface area contributed by atoms with Crippen LogP contribution < -0.4 is 20.7 Å². The molecule has 0 aliphatic carbocycles. The van der Waals surface area contributed by atoms with Gasteiger partial charge in [-0.2, -0.15) is 0 Å². The molecule has 23 nitrogen and oxygen atoms in total. The number of carboxylic acid groups (broad SMARTS) is 1. The zero-order valence-corrected chi connectivity index (χ0v) is 53.3. The summed E-state index contributed by atoms with van der Waals surface area (Å²) in [6.07, 6.45) is -0.552. The van der Waals surface area contributed by atoms with E-state index in [2.05, 4.69) is 16.0 Å². The molecule has 0 bridgehead atoms. The summed E-state index contributed by atoms with van der Waals surface area (Å²) in [4.78, 5) is 166. The molecule has 2 fully saturated rings. The van der Waals surface area contributed by atoms with E-state index in [-0.39, 0.29) is 19.4 Å². The molecule has 0 radical (unpaired) electrons. The Balaban J connectivity index is 1.85. The number of rotatable bonds is 14. The van der Waals surface area contributed by atoms with E-state index in [0.717, 1.165) is 20.3 Å². The van der Waals surface area contributed by atoms with Gasteiger partial charge < -0.3 is 59.9 Å². The largest absolute Gasteiger partial charge is 0.489 e. The number of carboxylic acids is 1. The Kier molecular flexibility index (Phi) is 26.6. The SMILES string of the molecule is CC[C@@H](C)[C@H]1C(=O)NCC(=O)N(C)[C@@H](C(C)C)C(=O)N[C@@H](Cc2ccc(OCc3ccccc3)cc2)C(=O)O[C@H](C)C(=O)N2CCCC[C@H]2C(=O)N(C)[C@@H](C(C)C)C(=O)N[C@@H](C(C)C)C(=O)N(C)[C@H](CC(=O)O)C(=O)N(C)[C@@H]([C@@H](C)CC)C(=O)N1C. The van der Waals surface area contributed by atoms with Gasteiger partial charge in [0.05, 0.1) is 13.0 Å². The second kappa shape index (κ2) is 32.2. The molecule has 86 heavy (non-hydrogen) atoms. The highest BCUT2D eigenvalue weighted by Gasteiger charge is 2.46. The van der Waals surface area contributed by atoms with Crippen LogP contribution in [0.5, 0.6) is 5.75 Å². The minimum Gasteiger partial charge on any atom is -0.489 e. The predicted molar refractivity (Wildman–Crippen MR) is 321 cm³/mol. The highest BCUT2D eigenvalue weighted by molar-refractivity contribution is 5.99. The van der Waals surface area contributed by atoms with Crippen molar-refractivity contribution >= 4 is 65.1 Å². The third kappa shape index (κ3) is 18.0. The number of carbonyl (C=O) groups is 11. The van der Waals surface area contributed by atoms with Gasteiger partial charge in [0, 0.05) is 48.2 Å². The summed E-state index contributed by atoms with van der Waals surface area (Å²) >= 11 is 0. The summed E-state index contributed by atoms with van der Waals surface area (Å²) in [5.74, 6) is -11.4. The van der Waals surface area contributed by atoms with Crippen LogP contribution in [0.25, 0.3) is 0 Å². The lowest BCUT2D eigenvalue weighted by Gasteiger charge is -2.41. The molecule has 2 aromatic rings. The van der Waals surface area contributed by atoms with Crippen molar-refractivity contribution in [3.8, 4) is 5.75 Å². The van der Waals surface area contributed by atoms with Crippen molar-refractivity contribution in [3.63, 3.8) is 0 Å². The normalized spacial score (nSPS) is 25.6. The molecule has 0 saturated carbocycles. The van der Waals surface area contributed by atoms with Gasteiger partial charge in [0.1, 0.15) is 60.7 Å². The van der Waals surface area contributed by atoms with Gasteiger partial charge in [-0.15, -0.1) is 0 Å². The lowest BCUT2D eigenvalue weighted by molar-refractivity contribution is -0.165. The molecule has 4 N–H and O–H groups in total. The molecule has 4 rings (SSSR count). The number of aliphatic carboxylic acids is 1. The lowest BCUT2D eigenvalue weighted by atomic mass is 9.92. The maximum atomic E-state index is 15.0. The summed E-state index contributed by atoms with van der Waals surface area (Å²) in [6.45, 7) is 18.3. The zero-order chi connectivity index (χ0) is 64.6. The maximum absolute atomic E-state index is 15.0. The minimum absolute atomic E-state index is 0.0994. The monoisotopic (exact) mass is 1200 g/mol. The number of ether oxygens (including phenoxy) is 2. The summed E-state index contributed by atoms with van der Waals surface area (Å²) in [5, 5.41) is 18.4. The first kappa shape index (κ1) is 70.9. The topological polar surface area (TPSA) is 282 Å². The molecule has 2 aliphatic rings. The van der Waals surface area contributed by atoms with Crippen LogP contribution in [0.4, 0.5) is 0 Å². The quantitative estimate of drug-likeness (QED) is 0.196. The summed E-state index contributed by atoms with van der Waals surface area (Å²) in [5.41, 5.74) is 1.52. The molecule has 2 aliphatic heterocycles. The van der Waals surface area contributed by atoms with Crippen LogP contribution >= 0.6 is 0 Å². The first-order chi connectivity index (χ1) is 40.4. The van der Waals surface area contributed by atoms with Gasteiger partial charge in [-0.3, -0.25) is 47.9 Å². The van der Waals surface area contributed by atoms with Crippen molar-refractivity contribution in [1.29, 1.82) is 0 Å². The number of benzene rings is 2. The Morgan fingerprint density at radius 3 is 1.71 bits per heavy atom. The minimum atomic E-state index is -1.70. The average molecular weight is 1200 g/mol. The molecule has 0 spiro atoms. The van der Waals surface area contributed by atoms with E-state index in [4.69, 9.17) is 9.47 Å². The highest BCUT2D eigenvalue weighted by atomic mass is 16.5. The van der Waals surface area contributed by atoms with Crippen LogP contribution in [-0.4, -0.2) is 202 Å². The molecule has 0 aromatic heterocycles. The summed E-state index contributed by atoms with van der Waals surface area (Å²) < 4.78 is 11.9. The molecule has 0 unspecified atom stereocenters. The molecular weight excluding hydrogens is 1110 g/mol. The standard InChI is InChI=1S/C63H95N9O14/c1-17-39(9)53-55(76)64-34-48(73)68(13)51(37(5)6)56(77)65-45(32-42-27-29-44(30-28-42)85-35-43-24-20-19-21-25-43)63(84)86-41(11)58(79)72-31-23-22-26-46(72)59(80)69(14)52(38(7)8)57(78)66-50(36(3)4)61(82)67(12)47(33-49(74)75)60(81)71(16)54(40(10)18-2)62(83)70(53)15/h19-21,24-25,27-30,36-41,45-47,50-54H,17-18,22-23,26,31-35H2,1-16H3,(H,64,76)(H,65,77)(H,66,78)(H,74,75)/t39-,40+,41-,45+,46+,47-,50+,51+,52+,53+,54+/m1/s1. The van der Waals surface area contributed by atoms with Crippen molar-refractivity contribution in [2.45, 2.75) is 182 Å². The Morgan fingerprint density at radius 2 is 1.15 bits per heavy atom. The van der Waals surface area contributed by atoms with Crippen molar-refractivity contribution < 1.29 is 67.3 Å². The van der Waals surface area contributed by atoms with Crippen molar-refractivity contribution in [2.24, 2.45) is 29.6 Å². The number of carbonyl (C=O) groups excluding carboxylic acids is 10. The van der Waals surface area contributed by atoms with Gasteiger partial charge in [0.15, 0.2) is 6.10 Å². The van der Waals surface area contributed by atoms with Gasteiger partial charge in [-0.1, -0.05) is 125 Å². The number of esters is 1. The molecule has 23 heteroatoms. The second-order valence-electron chi connectivity index (χ2n) is 24.2. The fourth-order valence-electron chi connectivity index (χ4n) is 11.4. The Bertz CT molecular complexity index is 2710. The van der Waals surface area contributed by atoms with E-state index in [0.29, 0.717) is 43.6 Å². The molecule has 476 valence electrons. The molecule has 2 aromatic carbocycles. The second-order valence-corrected chi connectivity index (χ2v) is 24.2. The Labute approximate surface area is 507 Å². The Hall–Kier alpha value is -7.59. The molecule has 2 heterocycles. The number of amides is 9. The van der Waals surface area contributed by atoms with E-state index in [9.17, 15) is 57.8 Å². The van der Waals surface area contributed by atoms with E-state index in [1.807, 2.05) is 37.3 Å². The van der Waals surface area contributed by atoms with Gasteiger partial charge >= 0.3 is 11.9 Å². The van der Waals surface area contributed by atoms with Gasteiger partial charge in [0.2, 0.25) is 47.3 Å². The maximum Gasteiger partial charge on any atom is 0.329 e. The number of piperidine rings is 1. The summed E-state index contributed by atoms with van der Waals surface area (Å²) in [7, 11) is 6.76. The first-order valence-corrected chi connectivity index (χ1v) is 30.1. The van der Waals surface area contributed by atoms with E-state index >= 15 is 0 Å². The highest BCUT2D eigenvalue weighted by Crippen LogP contribution is 2.27. The number of nitrogens with zero attached hydrogens (tertiary/aromatic N) is 6.